The first-order valence-corrected chi connectivity index (χ1v) is 18.4. The van der Waals surface area contributed by atoms with Crippen LogP contribution >= 0.6 is 0 Å². The number of nitrogens with zero attached hydrogens (tertiary/aromatic N) is 3. The van der Waals surface area contributed by atoms with Gasteiger partial charge in [0.1, 0.15) is 0 Å². The summed E-state index contributed by atoms with van der Waals surface area (Å²) in [6.45, 7) is 0. The molecule has 0 amide bonds. The highest BCUT2D eigenvalue weighted by Gasteiger charge is 2.62. The Balaban J connectivity index is 1.12. The van der Waals surface area contributed by atoms with Crippen LogP contribution < -0.4 is 0 Å². The molecule has 7 aromatic rings. The topological polar surface area (TPSA) is 38.7 Å². The van der Waals surface area contributed by atoms with E-state index in [1.807, 2.05) is 6.07 Å². The molecule has 0 aliphatic heterocycles. The van der Waals surface area contributed by atoms with Crippen LogP contribution in [-0.4, -0.2) is 15.0 Å². The van der Waals surface area contributed by atoms with E-state index in [0.29, 0.717) is 23.5 Å². The molecule has 0 atom stereocenters. The van der Waals surface area contributed by atoms with Gasteiger partial charge in [-0.15, -0.1) is 0 Å². The van der Waals surface area contributed by atoms with Gasteiger partial charge in [0.2, 0.25) is 0 Å². The lowest BCUT2D eigenvalue weighted by Gasteiger charge is -2.61. The summed E-state index contributed by atoms with van der Waals surface area (Å²) in [5.74, 6) is 5.27. The maximum Gasteiger partial charge on any atom is 0.164 e. The number of hydrogen-bond acceptors (Lipinski definition) is 3. The number of hydrogen-bond donors (Lipinski definition) is 0. The van der Waals surface area contributed by atoms with E-state index in [1.165, 1.54) is 65.1 Å². The molecular formula is C47H37N3. The fourth-order valence-corrected chi connectivity index (χ4v) is 10.9. The first kappa shape index (κ1) is 28.4. The van der Waals surface area contributed by atoms with Crippen molar-refractivity contribution in [2.24, 2.45) is 23.7 Å². The minimum Gasteiger partial charge on any atom is -0.208 e. The molecule has 0 radical (unpaired) electrons. The lowest BCUT2D eigenvalue weighted by atomic mass is 9.43. The predicted octanol–water partition coefficient (Wildman–Crippen LogP) is 11.4. The Labute approximate surface area is 293 Å². The normalized spacial score (nSPS) is 24.1. The lowest BCUT2D eigenvalue weighted by molar-refractivity contribution is -0.0393. The standard InChI is InChI=1S/C47H37N3/c1-3-10-31(11-4-1)34-15-9-16-35(27-34)45-48-44(33-13-5-2-6-14-33)49-46(50-45)36-19-20-40-41-21-18-32-12-7-8-17-39(32)43(41)47(42(40)28-36)37-23-29-22-30(25-37)26-38(47)24-29/h1-21,27-30,37-38H,22-26H2. The minimum absolute atomic E-state index is 0.0388. The lowest BCUT2D eigenvalue weighted by Crippen LogP contribution is -2.55. The molecule has 3 nitrogen and oxygen atoms in total. The van der Waals surface area contributed by atoms with Gasteiger partial charge in [-0.25, -0.2) is 15.0 Å². The average Bonchev–Trinajstić information content (AvgIpc) is 3.48. The van der Waals surface area contributed by atoms with Gasteiger partial charge in [-0.3, -0.25) is 0 Å². The molecular weight excluding hydrogens is 607 g/mol. The van der Waals surface area contributed by atoms with Crippen LogP contribution in [-0.2, 0) is 5.41 Å². The van der Waals surface area contributed by atoms with Gasteiger partial charge in [-0.2, -0.15) is 0 Å². The van der Waals surface area contributed by atoms with Crippen LogP contribution in [0.2, 0.25) is 0 Å². The highest BCUT2D eigenvalue weighted by Crippen LogP contribution is 2.70. The molecule has 240 valence electrons. The summed E-state index contributed by atoms with van der Waals surface area (Å²) in [6.07, 6.45) is 6.85. The average molecular weight is 644 g/mol. The van der Waals surface area contributed by atoms with Gasteiger partial charge in [0.25, 0.3) is 0 Å². The molecule has 5 aliphatic carbocycles. The molecule has 0 saturated heterocycles. The number of rotatable bonds is 4. The number of benzene rings is 6. The van der Waals surface area contributed by atoms with Crippen molar-refractivity contribution in [1.29, 1.82) is 0 Å². The van der Waals surface area contributed by atoms with E-state index in [0.717, 1.165) is 39.9 Å². The first-order chi connectivity index (χ1) is 24.7. The zero-order chi connectivity index (χ0) is 32.8. The van der Waals surface area contributed by atoms with Gasteiger partial charge in [0, 0.05) is 22.1 Å². The highest BCUT2D eigenvalue weighted by atomic mass is 15.0. The summed E-state index contributed by atoms with van der Waals surface area (Å²) in [5, 5.41) is 2.81. The summed E-state index contributed by atoms with van der Waals surface area (Å²) in [7, 11) is 0. The third-order valence-electron chi connectivity index (χ3n) is 12.7. The smallest absolute Gasteiger partial charge is 0.164 e. The summed E-state index contributed by atoms with van der Waals surface area (Å²) in [5.41, 5.74) is 11.4. The van der Waals surface area contributed by atoms with E-state index in [1.54, 1.807) is 5.56 Å². The third-order valence-corrected chi connectivity index (χ3v) is 12.7. The van der Waals surface area contributed by atoms with Crippen molar-refractivity contribution < 1.29 is 0 Å². The van der Waals surface area contributed by atoms with Gasteiger partial charge in [0.15, 0.2) is 17.5 Å². The van der Waals surface area contributed by atoms with Crippen LogP contribution in [0.4, 0.5) is 0 Å². The summed E-state index contributed by atoms with van der Waals surface area (Å²) < 4.78 is 0. The van der Waals surface area contributed by atoms with Gasteiger partial charge in [-0.1, -0.05) is 127 Å². The van der Waals surface area contributed by atoms with Crippen molar-refractivity contribution in [3.8, 4) is 56.4 Å². The molecule has 4 bridgehead atoms. The molecule has 3 heteroatoms. The molecule has 12 rings (SSSR count). The molecule has 4 fully saturated rings. The Morgan fingerprint density at radius 1 is 0.420 bits per heavy atom. The molecule has 5 aliphatic rings. The minimum atomic E-state index is 0.0388. The molecule has 1 heterocycles. The Kier molecular flexibility index (Phi) is 6.14. The van der Waals surface area contributed by atoms with Crippen molar-refractivity contribution >= 4 is 10.8 Å². The van der Waals surface area contributed by atoms with E-state index in [-0.39, 0.29) is 5.41 Å². The van der Waals surface area contributed by atoms with Gasteiger partial charge < -0.3 is 0 Å². The van der Waals surface area contributed by atoms with E-state index in [2.05, 4.69) is 133 Å². The molecule has 0 N–H and O–H groups in total. The van der Waals surface area contributed by atoms with Crippen LogP contribution in [0.1, 0.15) is 43.2 Å². The highest BCUT2D eigenvalue weighted by molar-refractivity contribution is 5.98. The van der Waals surface area contributed by atoms with Crippen molar-refractivity contribution in [2.75, 3.05) is 0 Å². The fourth-order valence-electron chi connectivity index (χ4n) is 10.9. The van der Waals surface area contributed by atoms with Crippen molar-refractivity contribution in [3.63, 3.8) is 0 Å². The van der Waals surface area contributed by atoms with Crippen LogP contribution in [0.15, 0.2) is 140 Å². The zero-order valence-electron chi connectivity index (χ0n) is 28.0. The van der Waals surface area contributed by atoms with Crippen LogP contribution in [0.25, 0.3) is 67.2 Å². The molecule has 6 aromatic carbocycles. The molecule has 4 saturated carbocycles. The Hall–Kier alpha value is -5.41. The first-order valence-electron chi connectivity index (χ1n) is 18.4. The Morgan fingerprint density at radius 3 is 1.70 bits per heavy atom. The number of fused-ring (bicyclic) bond motifs is 5. The maximum atomic E-state index is 5.26. The number of aromatic nitrogens is 3. The van der Waals surface area contributed by atoms with Gasteiger partial charge in [-0.05, 0) is 112 Å². The SMILES string of the molecule is c1ccc(-c2cccc(-c3nc(-c4ccccc4)nc(-c4ccc5c(c4)C4(c6c-5ccc5ccccc65)C5CC6CC(C5)CC4C6)n3)c2)cc1. The molecule has 50 heavy (non-hydrogen) atoms. The fraction of sp³-hybridized carbons (Fsp3) is 0.213. The van der Waals surface area contributed by atoms with Crippen LogP contribution in [0.3, 0.4) is 0 Å². The second-order valence-electron chi connectivity index (χ2n) is 15.3. The Bertz CT molecular complexity index is 2420. The predicted molar refractivity (Wildman–Crippen MR) is 202 cm³/mol. The molecule has 1 spiro atoms. The van der Waals surface area contributed by atoms with E-state index >= 15 is 0 Å². The molecule has 1 aromatic heterocycles. The van der Waals surface area contributed by atoms with Crippen LogP contribution in [0, 0.1) is 23.7 Å². The zero-order valence-corrected chi connectivity index (χ0v) is 28.0. The van der Waals surface area contributed by atoms with Crippen molar-refractivity contribution in [1.82, 2.24) is 15.0 Å². The van der Waals surface area contributed by atoms with E-state index in [9.17, 15) is 0 Å². The summed E-state index contributed by atoms with van der Waals surface area (Å²) in [4.78, 5) is 15.6. The Morgan fingerprint density at radius 2 is 0.980 bits per heavy atom. The summed E-state index contributed by atoms with van der Waals surface area (Å²) in [6, 6.07) is 50.5. The quantitative estimate of drug-likeness (QED) is 0.192. The third kappa shape index (κ3) is 4.13. The van der Waals surface area contributed by atoms with E-state index < -0.39 is 0 Å². The van der Waals surface area contributed by atoms with Crippen LogP contribution in [0.5, 0.6) is 0 Å². The van der Waals surface area contributed by atoms with Gasteiger partial charge >= 0.3 is 0 Å². The van der Waals surface area contributed by atoms with Crippen molar-refractivity contribution in [2.45, 2.75) is 37.5 Å². The second-order valence-corrected chi connectivity index (χ2v) is 15.3. The second kappa shape index (κ2) is 10.8. The van der Waals surface area contributed by atoms with Crippen molar-refractivity contribution in [3.05, 3.63) is 151 Å². The summed E-state index contributed by atoms with van der Waals surface area (Å²) >= 11 is 0. The monoisotopic (exact) mass is 643 g/mol. The van der Waals surface area contributed by atoms with Gasteiger partial charge in [0.05, 0.1) is 0 Å². The largest absolute Gasteiger partial charge is 0.208 e. The molecule has 0 unspecified atom stereocenters. The van der Waals surface area contributed by atoms with E-state index in [4.69, 9.17) is 15.0 Å². The maximum absolute atomic E-state index is 5.26.